The van der Waals surface area contributed by atoms with Crippen LogP contribution in [-0.4, -0.2) is 34.6 Å². The molecule has 2 amide bonds. The van der Waals surface area contributed by atoms with E-state index in [9.17, 15) is 9.59 Å². The predicted molar refractivity (Wildman–Crippen MR) is 129 cm³/mol. The molecule has 0 saturated heterocycles. The summed E-state index contributed by atoms with van der Waals surface area (Å²) in [5.74, 6) is 0.987. The molecular weight excluding hydrogens is 428 g/mol. The molecule has 0 heterocycles. The number of nitrogens with zero attached hydrogens (tertiary/aromatic N) is 1. The lowest BCUT2D eigenvalue weighted by Crippen LogP contribution is -2.50. The van der Waals surface area contributed by atoms with Gasteiger partial charge in [-0.1, -0.05) is 60.8 Å². The molecule has 1 unspecified atom stereocenters. The van der Waals surface area contributed by atoms with E-state index >= 15 is 0 Å². The third-order valence-electron chi connectivity index (χ3n) is 5.86. The van der Waals surface area contributed by atoms with Crippen LogP contribution in [0.15, 0.2) is 48.5 Å². The zero-order valence-electron chi connectivity index (χ0n) is 18.3. The van der Waals surface area contributed by atoms with Gasteiger partial charge in [-0.25, -0.2) is 0 Å². The highest BCUT2D eigenvalue weighted by atomic mass is 35.5. The van der Waals surface area contributed by atoms with Gasteiger partial charge in [-0.15, -0.1) is 11.8 Å². The summed E-state index contributed by atoms with van der Waals surface area (Å²) in [7, 11) is 0. The lowest BCUT2D eigenvalue weighted by Gasteiger charge is -2.29. The average Bonchev–Trinajstić information content (AvgIpc) is 3.26. The molecule has 166 valence electrons. The van der Waals surface area contributed by atoms with Gasteiger partial charge in [0.15, 0.2) is 0 Å². The van der Waals surface area contributed by atoms with E-state index < -0.39 is 6.04 Å². The van der Waals surface area contributed by atoms with E-state index in [4.69, 9.17) is 11.6 Å². The van der Waals surface area contributed by atoms with E-state index in [1.165, 1.54) is 11.1 Å². The lowest BCUT2D eigenvalue weighted by molar-refractivity contribution is -0.138. The quantitative estimate of drug-likeness (QED) is 0.550. The molecule has 1 atom stereocenters. The maximum absolute atomic E-state index is 13.2. The van der Waals surface area contributed by atoms with Crippen LogP contribution in [0.3, 0.4) is 0 Å². The number of aryl methyl sites for hydroxylation is 1. The number of carbonyl (C=O) groups is 2. The Bertz CT molecular complexity index is 899. The van der Waals surface area contributed by atoms with Crippen molar-refractivity contribution in [3.63, 3.8) is 0 Å². The Hall–Kier alpha value is -1.98. The Morgan fingerprint density at radius 3 is 2.61 bits per heavy atom. The maximum atomic E-state index is 13.2. The molecule has 1 saturated carbocycles. The second-order valence-corrected chi connectivity index (χ2v) is 9.66. The number of carbonyl (C=O) groups excluding carboxylic acids is 2. The van der Waals surface area contributed by atoms with Crippen molar-refractivity contribution in [1.29, 1.82) is 0 Å². The van der Waals surface area contributed by atoms with E-state index in [1.807, 2.05) is 43.3 Å². The molecule has 6 heteroatoms. The number of rotatable bonds is 9. The number of benzene rings is 2. The van der Waals surface area contributed by atoms with Gasteiger partial charge in [0, 0.05) is 23.4 Å². The van der Waals surface area contributed by atoms with E-state index in [0.29, 0.717) is 17.3 Å². The standard InChI is InChI=1S/C25H31ClN2O2S/c1-18-8-3-4-10-21(18)16-31-17-24(29)28(15-20-9-7-11-22(26)14-20)19(2)25(30)27-23-12-5-6-13-23/h3-4,7-11,14,19,23H,5-6,12-13,15-17H2,1-2H3,(H,27,30). The monoisotopic (exact) mass is 458 g/mol. The third-order valence-corrected chi connectivity index (χ3v) is 7.06. The van der Waals surface area contributed by atoms with E-state index in [1.54, 1.807) is 16.7 Å². The van der Waals surface area contributed by atoms with Crippen LogP contribution in [-0.2, 0) is 21.9 Å². The molecule has 2 aromatic rings. The van der Waals surface area contributed by atoms with Crippen LogP contribution in [0.5, 0.6) is 0 Å². The van der Waals surface area contributed by atoms with Crippen LogP contribution in [0, 0.1) is 6.92 Å². The molecule has 4 nitrogen and oxygen atoms in total. The molecule has 1 aliphatic carbocycles. The topological polar surface area (TPSA) is 49.4 Å². The normalized spacial score (nSPS) is 14.9. The summed E-state index contributed by atoms with van der Waals surface area (Å²) in [6.45, 7) is 4.26. The minimum Gasteiger partial charge on any atom is -0.352 e. The first-order chi connectivity index (χ1) is 14.9. The van der Waals surface area contributed by atoms with Crippen molar-refractivity contribution >= 4 is 35.2 Å². The number of halogens is 1. The molecule has 1 N–H and O–H groups in total. The molecule has 0 spiro atoms. The first kappa shape index (κ1) is 23.7. The van der Waals surface area contributed by atoms with Gasteiger partial charge in [-0.05, 0) is 55.5 Å². The van der Waals surface area contributed by atoms with Gasteiger partial charge in [0.1, 0.15) is 6.04 Å². The first-order valence-electron chi connectivity index (χ1n) is 10.9. The van der Waals surface area contributed by atoms with Crippen LogP contribution in [0.2, 0.25) is 5.02 Å². The van der Waals surface area contributed by atoms with E-state index in [0.717, 1.165) is 37.0 Å². The SMILES string of the molecule is Cc1ccccc1CSCC(=O)N(Cc1cccc(Cl)c1)C(C)C(=O)NC1CCCC1. The second kappa shape index (κ2) is 11.6. The smallest absolute Gasteiger partial charge is 0.242 e. The van der Waals surface area contributed by atoms with Crippen molar-refractivity contribution in [2.75, 3.05) is 5.75 Å². The fourth-order valence-corrected chi connectivity index (χ4v) is 5.11. The summed E-state index contributed by atoms with van der Waals surface area (Å²) in [6, 6.07) is 15.4. The van der Waals surface area contributed by atoms with Crippen LogP contribution in [0.25, 0.3) is 0 Å². The van der Waals surface area contributed by atoms with E-state index in [-0.39, 0.29) is 17.9 Å². The van der Waals surface area contributed by atoms with Gasteiger partial charge in [-0.2, -0.15) is 0 Å². The number of hydrogen-bond acceptors (Lipinski definition) is 3. The van der Waals surface area contributed by atoms with Crippen molar-refractivity contribution in [2.45, 2.75) is 63.9 Å². The Kier molecular flexibility index (Phi) is 8.85. The Balaban J connectivity index is 1.66. The zero-order valence-corrected chi connectivity index (χ0v) is 19.8. The predicted octanol–water partition coefficient (Wildman–Crippen LogP) is 5.36. The Labute approximate surface area is 194 Å². The van der Waals surface area contributed by atoms with E-state index in [2.05, 4.69) is 24.4 Å². The molecular formula is C25H31ClN2O2S. The summed E-state index contributed by atoms with van der Waals surface area (Å²) >= 11 is 7.73. The van der Waals surface area contributed by atoms with Crippen molar-refractivity contribution in [3.05, 3.63) is 70.2 Å². The van der Waals surface area contributed by atoms with Gasteiger partial charge in [0.05, 0.1) is 5.75 Å². The van der Waals surface area contributed by atoms with Gasteiger partial charge >= 0.3 is 0 Å². The average molecular weight is 459 g/mol. The van der Waals surface area contributed by atoms with Gasteiger partial charge in [0.25, 0.3) is 0 Å². The highest BCUT2D eigenvalue weighted by molar-refractivity contribution is 7.99. The Morgan fingerprint density at radius 2 is 1.90 bits per heavy atom. The van der Waals surface area contributed by atoms with Crippen molar-refractivity contribution < 1.29 is 9.59 Å². The van der Waals surface area contributed by atoms with Crippen LogP contribution in [0.1, 0.15) is 49.3 Å². The second-order valence-electron chi connectivity index (χ2n) is 8.24. The minimum atomic E-state index is -0.536. The van der Waals surface area contributed by atoms with Gasteiger partial charge in [-0.3, -0.25) is 9.59 Å². The third kappa shape index (κ3) is 7.01. The summed E-state index contributed by atoms with van der Waals surface area (Å²) in [6.07, 6.45) is 4.35. The number of hydrogen-bond donors (Lipinski definition) is 1. The van der Waals surface area contributed by atoms with Crippen molar-refractivity contribution in [3.8, 4) is 0 Å². The van der Waals surface area contributed by atoms with Crippen LogP contribution < -0.4 is 5.32 Å². The molecule has 1 aliphatic rings. The molecule has 0 bridgehead atoms. The molecule has 0 radical (unpaired) electrons. The molecule has 2 aromatic carbocycles. The van der Waals surface area contributed by atoms with Crippen molar-refractivity contribution in [2.24, 2.45) is 0 Å². The molecule has 3 rings (SSSR count). The lowest BCUT2D eigenvalue weighted by atomic mass is 10.1. The highest BCUT2D eigenvalue weighted by Gasteiger charge is 2.28. The number of amides is 2. The fourth-order valence-electron chi connectivity index (χ4n) is 3.91. The minimum absolute atomic E-state index is 0.0346. The number of nitrogens with one attached hydrogen (secondary N) is 1. The van der Waals surface area contributed by atoms with Crippen molar-refractivity contribution in [1.82, 2.24) is 10.2 Å². The summed E-state index contributed by atoms with van der Waals surface area (Å²) < 4.78 is 0. The molecule has 0 aromatic heterocycles. The molecule has 0 aliphatic heterocycles. The first-order valence-corrected chi connectivity index (χ1v) is 12.4. The molecule has 31 heavy (non-hydrogen) atoms. The largest absolute Gasteiger partial charge is 0.352 e. The van der Waals surface area contributed by atoms with Gasteiger partial charge < -0.3 is 10.2 Å². The van der Waals surface area contributed by atoms with Crippen LogP contribution in [0.4, 0.5) is 0 Å². The molecule has 1 fully saturated rings. The maximum Gasteiger partial charge on any atom is 0.242 e. The fraction of sp³-hybridized carbons (Fsp3) is 0.440. The van der Waals surface area contributed by atoms with Crippen LogP contribution >= 0.6 is 23.4 Å². The number of thioether (sulfide) groups is 1. The summed E-state index contributed by atoms with van der Waals surface area (Å²) in [5.41, 5.74) is 3.38. The zero-order chi connectivity index (χ0) is 22.2. The highest BCUT2D eigenvalue weighted by Crippen LogP contribution is 2.21. The summed E-state index contributed by atoms with van der Waals surface area (Å²) in [4.78, 5) is 27.8. The van der Waals surface area contributed by atoms with Gasteiger partial charge in [0.2, 0.25) is 11.8 Å². The Morgan fingerprint density at radius 1 is 1.16 bits per heavy atom. The summed E-state index contributed by atoms with van der Waals surface area (Å²) in [5, 5.41) is 3.76.